The number of nitrogens with zero attached hydrogens (tertiary/aromatic N) is 4. The number of nitriles is 2. The summed E-state index contributed by atoms with van der Waals surface area (Å²) in [5.74, 6) is -0.841. The number of amides is 1. The molecule has 178 valence electrons. The number of alkyl halides is 3. The normalized spacial score (nSPS) is 18.5. The van der Waals surface area contributed by atoms with E-state index in [0.717, 1.165) is 11.8 Å². The third-order valence-electron chi connectivity index (χ3n) is 5.83. The highest BCUT2D eigenvalue weighted by Gasteiger charge is 2.37. The van der Waals surface area contributed by atoms with Crippen LogP contribution in [0, 0.1) is 22.7 Å². The van der Waals surface area contributed by atoms with Gasteiger partial charge in [0.1, 0.15) is 0 Å². The van der Waals surface area contributed by atoms with Crippen molar-refractivity contribution in [2.75, 3.05) is 36.4 Å². The SMILES string of the molecule is C[C@H]1CN(c2ccc(C#N)cc2)CCN1CC(C)(O)C(=O)Nc1ccc(C#N)c(C(F)(F)F)c1. The number of hydrogen-bond acceptors (Lipinski definition) is 6. The van der Waals surface area contributed by atoms with Gasteiger partial charge in [0.25, 0.3) is 5.91 Å². The molecule has 0 bridgehead atoms. The van der Waals surface area contributed by atoms with E-state index in [0.29, 0.717) is 31.3 Å². The fourth-order valence-electron chi connectivity index (χ4n) is 3.90. The molecule has 1 amide bonds. The first-order chi connectivity index (χ1) is 15.9. The Hall–Kier alpha value is -3.60. The lowest BCUT2D eigenvalue weighted by Gasteiger charge is -2.43. The molecule has 0 aliphatic carbocycles. The van der Waals surface area contributed by atoms with Gasteiger partial charge in [0, 0.05) is 43.6 Å². The Morgan fingerprint density at radius 1 is 1.15 bits per heavy atom. The minimum atomic E-state index is -4.75. The molecule has 7 nitrogen and oxygen atoms in total. The molecule has 2 N–H and O–H groups in total. The number of rotatable bonds is 5. The molecule has 2 atom stereocenters. The first-order valence-electron chi connectivity index (χ1n) is 10.6. The Kier molecular flexibility index (Phi) is 7.15. The van der Waals surface area contributed by atoms with Crippen LogP contribution < -0.4 is 10.2 Å². The van der Waals surface area contributed by atoms with E-state index in [1.165, 1.54) is 19.1 Å². The molecule has 2 aromatic carbocycles. The van der Waals surface area contributed by atoms with Crippen LogP contribution in [0.3, 0.4) is 0 Å². The Morgan fingerprint density at radius 3 is 2.38 bits per heavy atom. The van der Waals surface area contributed by atoms with Crippen LogP contribution in [0.25, 0.3) is 0 Å². The number of benzene rings is 2. The first-order valence-corrected chi connectivity index (χ1v) is 10.6. The molecule has 3 rings (SSSR count). The number of carbonyl (C=O) groups excluding carboxylic acids is 1. The molecular weight excluding hydrogens is 447 g/mol. The van der Waals surface area contributed by atoms with Crippen LogP contribution >= 0.6 is 0 Å². The van der Waals surface area contributed by atoms with Gasteiger partial charge in [0.15, 0.2) is 5.60 Å². The minimum absolute atomic E-state index is 0.0103. The zero-order valence-electron chi connectivity index (χ0n) is 18.7. The summed E-state index contributed by atoms with van der Waals surface area (Å²) in [6.07, 6.45) is -4.75. The monoisotopic (exact) mass is 471 g/mol. The van der Waals surface area contributed by atoms with Crippen molar-refractivity contribution < 1.29 is 23.1 Å². The molecule has 0 saturated carbocycles. The van der Waals surface area contributed by atoms with Gasteiger partial charge < -0.3 is 15.3 Å². The summed E-state index contributed by atoms with van der Waals surface area (Å²) >= 11 is 0. The second-order valence-electron chi connectivity index (χ2n) is 8.52. The molecule has 34 heavy (non-hydrogen) atoms. The van der Waals surface area contributed by atoms with Crippen LogP contribution in [0.1, 0.15) is 30.5 Å². The van der Waals surface area contributed by atoms with Crippen molar-refractivity contribution in [3.63, 3.8) is 0 Å². The van der Waals surface area contributed by atoms with Gasteiger partial charge in [0.2, 0.25) is 0 Å². The maximum Gasteiger partial charge on any atom is 0.417 e. The minimum Gasteiger partial charge on any atom is -0.379 e. The largest absolute Gasteiger partial charge is 0.417 e. The number of hydrogen-bond donors (Lipinski definition) is 2. The lowest BCUT2D eigenvalue weighted by molar-refractivity contribution is -0.138. The predicted octanol–water partition coefficient (Wildman–Crippen LogP) is 3.35. The summed E-state index contributed by atoms with van der Waals surface area (Å²) in [5.41, 5.74) is -2.18. The van der Waals surface area contributed by atoms with E-state index in [-0.39, 0.29) is 18.3 Å². The third-order valence-corrected chi connectivity index (χ3v) is 5.83. The summed E-state index contributed by atoms with van der Waals surface area (Å²) in [7, 11) is 0. The van der Waals surface area contributed by atoms with E-state index in [1.807, 2.05) is 24.0 Å². The van der Waals surface area contributed by atoms with Crippen LogP contribution in [0.15, 0.2) is 42.5 Å². The number of nitrogens with one attached hydrogen (secondary N) is 1. The number of anilines is 2. The van der Waals surface area contributed by atoms with Crippen LogP contribution in [0.2, 0.25) is 0 Å². The van der Waals surface area contributed by atoms with E-state index in [1.54, 1.807) is 12.1 Å². The van der Waals surface area contributed by atoms with Crippen molar-refractivity contribution >= 4 is 17.3 Å². The highest BCUT2D eigenvalue weighted by molar-refractivity contribution is 5.97. The molecule has 0 radical (unpaired) electrons. The molecule has 0 spiro atoms. The van der Waals surface area contributed by atoms with Crippen molar-refractivity contribution in [2.24, 2.45) is 0 Å². The van der Waals surface area contributed by atoms with Crippen LogP contribution in [-0.2, 0) is 11.0 Å². The summed E-state index contributed by atoms with van der Waals surface area (Å²) in [6, 6.07) is 13.6. The van der Waals surface area contributed by atoms with Gasteiger partial charge in [-0.2, -0.15) is 23.7 Å². The summed E-state index contributed by atoms with van der Waals surface area (Å²) in [5, 5.41) is 31.0. The fourth-order valence-corrected chi connectivity index (χ4v) is 3.90. The van der Waals surface area contributed by atoms with E-state index < -0.39 is 28.8 Å². The molecule has 10 heteroatoms. The van der Waals surface area contributed by atoms with Gasteiger partial charge in [-0.05, 0) is 56.3 Å². The standard InChI is InChI=1S/C24H24F3N5O2/c1-16-14-31(20-7-3-17(12-28)4-8-20)9-10-32(16)15-23(2,34)22(33)30-19-6-5-18(13-29)21(11-19)24(25,26)27/h3-8,11,16,34H,9-10,14-15H2,1-2H3,(H,30,33)/t16-,23?/m0/s1. The van der Waals surface area contributed by atoms with E-state index in [2.05, 4.69) is 16.3 Å². The van der Waals surface area contributed by atoms with Gasteiger partial charge in [-0.15, -0.1) is 0 Å². The van der Waals surface area contributed by atoms with Crippen LogP contribution in [-0.4, -0.2) is 53.7 Å². The lowest BCUT2D eigenvalue weighted by Crippen LogP contribution is -2.58. The van der Waals surface area contributed by atoms with Crippen LogP contribution in [0.5, 0.6) is 0 Å². The molecular formula is C24H24F3N5O2. The summed E-state index contributed by atoms with van der Waals surface area (Å²) < 4.78 is 39.6. The smallest absolute Gasteiger partial charge is 0.379 e. The highest BCUT2D eigenvalue weighted by Crippen LogP contribution is 2.33. The summed E-state index contributed by atoms with van der Waals surface area (Å²) in [4.78, 5) is 16.8. The average Bonchev–Trinajstić information content (AvgIpc) is 2.79. The maximum absolute atomic E-state index is 13.2. The van der Waals surface area contributed by atoms with E-state index in [4.69, 9.17) is 10.5 Å². The number of piperazine rings is 1. The molecule has 2 aromatic rings. The van der Waals surface area contributed by atoms with Crippen molar-refractivity contribution in [2.45, 2.75) is 31.7 Å². The van der Waals surface area contributed by atoms with Crippen molar-refractivity contribution in [3.05, 3.63) is 59.2 Å². The predicted molar refractivity (Wildman–Crippen MR) is 120 cm³/mol. The molecule has 1 aliphatic heterocycles. The fraction of sp³-hybridized carbons (Fsp3) is 0.375. The highest BCUT2D eigenvalue weighted by atomic mass is 19.4. The molecule has 0 aromatic heterocycles. The second-order valence-corrected chi connectivity index (χ2v) is 8.52. The quantitative estimate of drug-likeness (QED) is 0.693. The van der Waals surface area contributed by atoms with Gasteiger partial charge >= 0.3 is 6.18 Å². The lowest BCUT2D eigenvalue weighted by atomic mass is 10.0. The number of aliphatic hydroxyl groups is 1. The Morgan fingerprint density at radius 2 is 1.82 bits per heavy atom. The average molecular weight is 471 g/mol. The topological polar surface area (TPSA) is 103 Å². The third kappa shape index (κ3) is 5.66. The van der Waals surface area contributed by atoms with E-state index >= 15 is 0 Å². The number of halogens is 3. The van der Waals surface area contributed by atoms with Gasteiger partial charge in [-0.25, -0.2) is 0 Å². The first kappa shape index (κ1) is 25.0. The molecule has 1 heterocycles. The summed E-state index contributed by atoms with van der Waals surface area (Å²) in [6.45, 7) is 5.09. The van der Waals surface area contributed by atoms with E-state index in [9.17, 15) is 23.1 Å². The van der Waals surface area contributed by atoms with Crippen LogP contribution in [0.4, 0.5) is 24.5 Å². The van der Waals surface area contributed by atoms with Crippen molar-refractivity contribution in [1.29, 1.82) is 10.5 Å². The number of β-amino-alcohol motifs (C(OH)–C–C–N with tert-alkyl or cyclic N) is 1. The zero-order chi connectivity index (χ0) is 25.1. The van der Waals surface area contributed by atoms with Gasteiger partial charge in [0.05, 0.1) is 28.8 Å². The Balaban J connectivity index is 1.65. The second kappa shape index (κ2) is 9.72. The zero-order valence-corrected chi connectivity index (χ0v) is 18.7. The van der Waals surface area contributed by atoms with Gasteiger partial charge in [-0.3, -0.25) is 9.69 Å². The molecule has 1 aliphatic rings. The Labute approximate surface area is 195 Å². The molecule has 1 unspecified atom stereocenters. The molecule has 1 fully saturated rings. The molecule has 1 saturated heterocycles. The Bertz CT molecular complexity index is 1130. The maximum atomic E-state index is 13.2. The van der Waals surface area contributed by atoms with Crippen molar-refractivity contribution in [1.82, 2.24) is 4.90 Å². The van der Waals surface area contributed by atoms with Gasteiger partial charge in [-0.1, -0.05) is 0 Å². The number of carbonyl (C=O) groups is 1. The van der Waals surface area contributed by atoms with Crippen molar-refractivity contribution in [3.8, 4) is 12.1 Å².